The zero-order valence-electron chi connectivity index (χ0n) is 10.8. The van der Waals surface area contributed by atoms with E-state index in [-0.39, 0.29) is 6.61 Å². The van der Waals surface area contributed by atoms with E-state index in [2.05, 4.69) is 28.9 Å². The van der Waals surface area contributed by atoms with Gasteiger partial charge in [0.15, 0.2) is 5.13 Å². The Balaban J connectivity index is 2.14. The van der Waals surface area contributed by atoms with Crippen LogP contribution in [-0.2, 0) is 6.61 Å². The van der Waals surface area contributed by atoms with Crippen molar-refractivity contribution in [1.29, 1.82) is 0 Å². The fourth-order valence-electron chi connectivity index (χ4n) is 2.38. The molecule has 1 unspecified atom stereocenters. The van der Waals surface area contributed by atoms with Crippen molar-refractivity contribution >= 4 is 16.5 Å². The first kappa shape index (κ1) is 12.8. The highest BCUT2D eigenvalue weighted by atomic mass is 32.1. The van der Waals surface area contributed by atoms with Gasteiger partial charge in [-0.25, -0.2) is 4.98 Å². The maximum atomic E-state index is 9.23. The lowest BCUT2D eigenvalue weighted by Gasteiger charge is -2.26. The van der Waals surface area contributed by atoms with E-state index in [1.807, 2.05) is 6.92 Å². The second-order valence-corrected chi connectivity index (χ2v) is 5.98. The molecule has 1 atom stereocenters. The lowest BCUT2D eigenvalue weighted by Crippen LogP contribution is -2.37. The summed E-state index contributed by atoms with van der Waals surface area (Å²) in [7, 11) is 4.23. The van der Waals surface area contributed by atoms with Crippen LogP contribution in [0.4, 0.5) is 5.13 Å². The number of rotatable bonds is 4. The molecule has 0 spiro atoms. The summed E-state index contributed by atoms with van der Waals surface area (Å²) in [6.45, 7) is 4.25. The van der Waals surface area contributed by atoms with Crippen LogP contribution in [0.1, 0.15) is 23.4 Å². The van der Waals surface area contributed by atoms with Crippen LogP contribution in [0.3, 0.4) is 0 Å². The summed E-state index contributed by atoms with van der Waals surface area (Å²) in [5.74, 6) is 0. The zero-order valence-corrected chi connectivity index (χ0v) is 11.6. The van der Waals surface area contributed by atoms with Gasteiger partial charge in [0.25, 0.3) is 0 Å². The van der Waals surface area contributed by atoms with E-state index in [1.165, 1.54) is 12.8 Å². The van der Waals surface area contributed by atoms with Crippen molar-refractivity contribution < 1.29 is 5.11 Å². The van der Waals surface area contributed by atoms with Crippen molar-refractivity contribution in [2.24, 2.45) is 0 Å². The topological polar surface area (TPSA) is 39.6 Å². The normalized spacial score (nSPS) is 20.5. The number of likely N-dealkylation sites (N-methyl/N-ethyl adjacent to an activating group) is 1. The minimum Gasteiger partial charge on any atom is -0.391 e. The largest absolute Gasteiger partial charge is 0.391 e. The Morgan fingerprint density at radius 3 is 2.88 bits per heavy atom. The van der Waals surface area contributed by atoms with Crippen LogP contribution >= 0.6 is 11.3 Å². The molecule has 0 aromatic carbocycles. The smallest absolute Gasteiger partial charge is 0.186 e. The third kappa shape index (κ3) is 2.78. The van der Waals surface area contributed by atoms with Crippen LogP contribution in [0.25, 0.3) is 0 Å². The number of anilines is 1. The van der Waals surface area contributed by atoms with Crippen molar-refractivity contribution in [3.05, 3.63) is 10.6 Å². The summed E-state index contributed by atoms with van der Waals surface area (Å²) >= 11 is 1.63. The van der Waals surface area contributed by atoms with Gasteiger partial charge in [0.1, 0.15) is 0 Å². The zero-order chi connectivity index (χ0) is 12.4. The van der Waals surface area contributed by atoms with Gasteiger partial charge in [-0.05, 0) is 33.9 Å². The summed E-state index contributed by atoms with van der Waals surface area (Å²) in [4.78, 5) is 10.2. The molecule has 1 saturated heterocycles. The Labute approximate surface area is 107 Å². The maximum absolute atomic E-state index is 9.23. The van der Waals surface area contributed by atoms with E-state index in [1.54, 1.807) is 11.3 Å². The van der Waals surface area contributed by atoms with E-state index in [0.717, 1.165) is 28.8 Å². The van der Waals surface area contributed by atoms with Crippen LogP contribution in [0, 0.1) is 6.92 Å². The highest BCUT2D eigenvalue weighted by Crippen LogP contribution is 2.31. The molecule has 1 aliphatic rings. The number of aliphatic hydroxyl groups is 1. The van der Waals surface area contributed by atoms with Gasteiger partial charge in [-0.1, -0.05) is 11.3 Å². The fourth-order valence-corrected chi connectivity index (χ4v) is 3.40. The standard InChI is InChI=1S/C12H21N3OS/c1-9-11(8-16)17-12(13-9)15-6-4-5-10(15)7-14(2)3/h10,16H,4-8H2,1-3H3. The Morgan fingerprint density at radius 1 is 1.53 bits per heavy atom. The molecule has 96 valence electrons. The molecule has 2 rings (SSSR count). The number of aliphatic hydroxyl groups excluding tert-OH is 1. The van der Waals surface area contributed by atoms with Gasteiger partial charge in [0.2, 0.25) is 0 Å². The summed E-state index contributed by atoms with van der Waals surface area (Å²) in [6, 6.07) is 0.571. The van der Waals surface area contributed by atoms with Gasteiger partial charge < -0.3 is 14.9 Å². The van der Waals surface area contributed by atoms with E-state index >= 15 is 0 Å². The molecule has 1 aromatic rings. The number of aryl methyl sites for hydroxylation is 1. The fraction of sp³-hybridized carbons (Fsp3) is 0.750. The van der Waals surface area contributed by atoms with E-state index in [0.29, 0.717) is 6.04 Å². The highest BCUT2D eigenvalue weighted by molar-refractivity contribution is 7.15. The molecule has 5 heteroatoms. The minimum atomic E-state index is 0.107. The van der Waals surface area contributed by atoms with Crippen LogP contribution in [-0.4, -0.2) is 48.2 Å². The van der Waals surface area contributed by atoms with Crippen LogP contribution in [0.2, 0.25) is 0 Å². The Hall–Kier alpha value is -0.650. The number of nitrogens with zero attached hydrogens (tertiary/aromatic N) is 3. The van der Waals surface area contributed by atoms with Gasteiger partial charge in [0.05, 0.1) is 17.2 Å². The maximum Gasteiger partial charge on any atom is 0.186 e. The van der Waals surface area contributed by atoms with E-state index < -0.39 is 0 Å². The third-order valence-corrected chi connectivity index (χ3v) is 4.40. The predicted octanol–water partition coefficient (Wildman–Crippen LogP) is 1.47. The van der Waals surface area contributed by atoms with Gasteiger partial charge >= 0.3 is 0 Å². The molecule has 0 aliphatic carbocycles. The highest BCUT2D eigenvalue weighted by Gasteiger charge is 2.27. The van der Waals surface area contributed by atoms with Gasteiger partial charge in [-0.15, -0.1) is 0 Å². The van der Waals surface area contributed by atoms with E-state index in [9.17, 15) is 5.11 Å². The van der Waals surface area contributed by atoms with Crippen LogP contribution in [0.15, 0.2) is 0 Å². The summed E-state index contributed by atoms with van der Waals surface area (Å²) in [6.07, 6.45) is 2.48. The van der Waals surface area contributed by atoms with Crippen molar-refractivity contribution in [2.75, 3.05) is 32.1 Å². The predicted molar refractivity (Wildman–Crippen MR) is 71.7 cm³/mol. The van der Waals surface area contributed by atoms with E-state index in [4.69, 9.17) is 0 Å². The number of thiazole rings is 1. The number of hydrogen-bond donors (Lipinski definition) is 1. The average Bonchev–Trinajstić information content (AvgIpc) is 2.83. The second-order valence-electron chi connectivity index (χ2n) is 4.91. The molecule has 1 fully saturated rings. The molecule has 2 heterocycles. The molecule has 1 aliphatic heterocycles. The van der Waals surface area contributed by atoms with Crippen molar-refractivity contribution in [2.45, 2.75) is 32.4 Å². The quantitative estimate of drug-likeness (QED) is 0.884. The van der Waals surface area contributed by atoms with Crippen LogP contribution < -0.4 is 4.90 Å². The number of hydrogen-bond acceptors (Lipinski definition) is 5. The Kier molecular flexibility index (Phi) is 4.01. The van der Waals surface area contributed by atoms with Gasteiger partial charge in [0, 0.05) is 19.1 Å². The lowest BCUT2D eigenvalue weighted by molar-refractivity contribution is 0.284. The molecule has 0 amide bonds. The molecule has 0 bridgehead atoms. The molecule has 17 heavy (non-hydrogen) atoms. The molecule has 0 radical (unpaired) electrons. The van der Waals surface area contributed by atoms with Crippen molar-refractivity contribution in [3.63, 3.8) is 0 Å². The monoisotopic (exact) mass is 255 g/mol. The van der Waals surface area contributed by atoms with Crippen LogP contribution in [0.5, 0.6) is 0 Å². The van der Waals surface area contributed by atoms with Gasteiger partial charge in [-0.2, -0.15) is 0 Å². The van der Waals surface area contributed by atoms with Gasteiger partial charge in [-0.3, -0.25) is 0 Å². The Morgan fingerprint density at radius 2 is 2.29 bits per heavy atom. The molecule has 4 nitrogen and oxygen atoms in total. The summed E-state index contributed by atoms with van der Waals surface area (Å²) in [5, 5.41) is 10.3. The second kappa shape index (κ2) is 5.33. The molecule has 1 aromatic heterocycles. The average molecular weight is 255 g/mol. The molecule has 1 N–H and O–H groups in total. The SMILES string of the molecule is Cc1nc(N2CCCC2CN(C)C)sc1CO. The first-order valence-electron chi connectivity index (χ1n) is 6.10. The summed E-state index contributed by atoms with van der Waals surface area (Å²) < 4.78 is 0. The molecular weight excluding hydrogens is 234 g/mol. The molecule has 0 saturated carbocycles. The lowest BCUT2D eigenvalue weighted by atomic mass is 10.2. The first-order valence-corrected chi connectivity index (χ1v) is 6.92. The van der Waals surface area contributed by atoms with Crippen molar-refractivity contribution in [3.8, 4) is 0 Å². The third-order valence-electron chi connectivity index (χ3n) is 3.22. The first-order chi connectivity index (χ1) is 8.11. The number of aromatic nitrogens is 1. The summed E-state index contributed by atoms with van der Waals surface area (Å²) in [5.41, 5.74) is 0.975. The Bertz CT molecular complexity index is 378. The molecular formula is C12H21N3OS. The minimum absolute atomic E-state index is 0.107. The van der Waals surface area contributed by atoms with Crippen molar-refractivity contribution in [1.82, 2.24) is 9.88 Å².